The van der Waals surface area contributed by atoms with E-state index in [9.17, 15) is 0 Å². The van der Waals surface area contributed by atoms with Crippen molar-refractivity contribution in [2.75, 3.05) is 7.11 Å². The number of hydrogen-bond acceptors (Lipinski definition) is 3. The van der Waals surface area contributed by atoms with Crippen molar-refractivity contribution in [1.29, 1.82) is 5.26 Å². The van der Waals surface area contributed by atoms with Crippen LogP contribution in [-0.2, 0) is 6.42 Å². The molecule has 0 fully saturated rings. The molecule has 22 heavy (non-hydrogen) atoms. The van der Waals surface area contributed by atoms with E-state index in [0.29, 0.717) is 22.6 Å². The van der Waals surface area contributed by atoms with Crippen LogP contribution in [0.4, 0.5) is 0 Å². The lowest BCUT2D eigenvalue weighted by molar-refractivity contribution is 0.397. The molecule has 0 aliphatic heterocycles. The van der Waals surface area contributed by atoms with Gasteiger partial charge >= 0.3 is 0 Å². The number of pyridine rings is 1. The summed E-state index contributed by atoms with van der Waals surface area (Å²) >= 11 is 30.6. The fourth-order valence-corrected chi connectivity index (χ4v) is 3.23. The molecule has 0 aliphatic rings. The van der Waals surface area contributed by atoms with Crippen LogP contribution in [0.15, 0.2) is 12.3 Å². The Hall–Kier alpha value is -0.890. The average molecular weight is 396 g/mol. The van der Waals surface area contributed by atoms with Gasteiger partial charge in [-0.1, -0.05) is 58.0 Å². The third-order valence-electron chi connectivity index (χ3n) is 2.92. The molecule has 8 heteroatoms. The summed E-state index contributed by atoms with van der Waals surface area (Å²) in [5, 5.41) is 9.54. The highest BCUT2D eigenvalue weighted by Gasteiger charge is 2.22. The van der Waals surface area contributed by atoms with E-state index in [1.165, 1.54) is 13.3 Å². The Kier molecular flexibility index (Phi) is 5.65. The Morgan fingerprint density at radius 1 is 1.05 bits per heavy atom. The van der Waals surface area contributed by atoms with Gasteiger partial charge < -0.3 is 4.74 Å². The smallest absolute Gasteiger partial charge is 0.213 e. The lowest BCUT2D eigenvalue weighted by atomic mass is 10.00. The second-order valence-electron chi connectivity index (χ2n) is 4.16. The molecule has 0 saturated heterocycles. The molecule has 0 bridgehead atoms. The first kappa shape index (κ1) is 17.5. The highest BCUT2D eigenvalue weighted by Crippen LogP contribution is 2.48. The summed E-state index contributed by atoms with van der Waals surface area (Å²) in [5.41, 5.74) is 1.55. The maximum Gasteiger partial charge on any atom is 0.213 e. The zero-order valence-electron chi connectivity index (χ0n) is 11.1. The fourth-order valence-electron chi connectivity index (χ4n) is 1.88. The number of nitriles is 1. The van der Waals surface area contributed by atoms with Gasteiger partial charge in [0.1, 0.15) is 0 Å². The van der Waals surface area contributed by atoms with Crippen LogP contribution in [0.1, 0.15) is 5.56 Å². The van der Waals surface area contributed by atoms with Crippen molar-refractivity contribution in [1.82, 2.24) is 4.98 Å². The monoisotopic (exact) mass is 394 g/mol. The molecule has 0 atom stereocenters. The predicted molar refractivity (Wildman–Crippen MR) is 90.6 cm³/mol. The van der Waals surface area contributed by atoms with Gasteiger partial charge in [-0.05, 0) is 5.56 Å². The maximum absolute atomic E-state index is 9.00. The topological polar surface area (TPSA) is 45.9 Å². The van der Waals surface area contributed by atoms with E-state index in [-0.39, 0.29) is 31.5 Å². The van der Waals surface area contributed by atoms with E-state index in [1.807, 2.05) is 0 Å². The van der Waals surface area contributed by atoms with Gasteiger partial charge in [0.15, 0.2) is 0 Å². The second kappa shape index (κ2) is 7.12. The zero-order chi connectivity index (χ0) is 16.4. The van der Waals surface area contributed by atoms with Crippen LogP contribution in [0.3, 0.4) is 0 Å². The molecule has 2 rings (SSSR count). The van der Waals surface area contributed by atoms with Gasteiger partial charge in [0.25, 0.3) is 0 Å². The standard InChI is InChI=1S/C14H7Cl5N2O/c1-22-8-4-6(2-3-20)7(5-21-8)9-10(15)12(17)14(19)13(18)11(9)16/h4-5H,2H2,1H3. The number of rotatable bonds is 3. The van der Waals surface area contributed by atoms with Gasteiger partial charge in [-0.3, -0.25) is 0 Å². The zero-order valence-corrected chi connectivity index (χ0v) is 14.8. The average Bonchev–Trinajstić information content (AvgIpc) is 2.52. The summed E-state index contributed by atoms with van der Waals surface area (Å²) in [6.45, 7) is 0. The molecule has 0 aliphatic carbocycles. The van der Waals surface area contributed by atoms with Gasteiger partial charge in [-0.15, -0.1) is 0 Å². The summed E-state index contributed by atoms with van der Waals surface area (Å²) in [4.78, 5) is 4.11. The van der Waals surface area contributed by atoms with E-state index in [2.05, 4.69) is 11.1 Å². The third kappa shape index (κ3) is 3.08. The van der Waals surface area contributed by atoms with E-state index in [4.69, 9.17) is 68.0 Å². The molecule has 0 radical (unpaired) electrons. The van der Waals surface area contributed by atoms with E-state index in [0.717, 1.165) is 0 Å². The quantitative estimate of drug-likeness (QED) is 0.466. The first-order chi connectivity index (χ1) is 10.4. The molecule has 0 amide bonds. The van der Waals surface area contributed by atoms with E-state index in [1.54, 1.807) is 6.07 Å². The molecule has 3 nitrogen and oxygen atoms in total. The van der Waals surface area contributed by atoms with Crippen molar-refractivity contribution in [2.24, 2.45) is 0 Å². The lowest BCUT2D eigenvalue weighted by Gasteiger charge is -2.15. The molecular weight excluding hydrogens is 389 g/mol. The van der Waals surface area contributed by atoms with Crippen LogP contribution in [0.25, 0.3) is 11.1 Å². The molecule has 0 N–H and O–H groups in total. The minimum absolute atomic E-state index is 0.0744. The molecule has 0 unspecified atom stereocenters. The molecule has 1 heterocycles. The normalized spacial score (nSPS) is 10.4. The third-order valence-corrected chi connectivity index (χ3v) is 5.20. The van der Waals surface area contributed by atoms with Gasteiger partial charge in [0.2, 0.25) is 5.88 Å². The maximum atomic E-state index is 9.00. The molecule has 1 aromatic heterocycles. The van der Waals surface area contributed by atoms with Gasteiger partial charge in [-0.25, -0.2) is 4.98 Å². The molecule has 0 saturated carbocycles. The van der Waals surface area contributed by atoms with Crippen LogP contribution in [-0.4, -0.2) is 12.1 Å². The molecular formula is C14H7Cl5N2O. The summed E-state index contributed by atoms with van der Waals surface area (Å²) in [6.07, 6.45) is 1.61. The molecule has 114 valence electrons. The number of halogens is 5. The van der Waals surface area contributed by atoms with Crippen LogP contribution >= 0.6 is 58.0 Å². The van der Waals surface area contributed by atoms with Crippen molar-refractivity contribution in [3.63, 3.8) is 0 Å². The van der Waals surface area contributed by atoms with Crippen molar-refractivity contribution < 1.29 is 4.74 Å². The minimum Gasteiger partial charge on any atom is -0.481 e. The minimum atomic E-state index is 0.0744. The molecule has 0 spiro atoms. The number of ether oxygens (including phenoxy) is 1. The summed E-state index contributed by atoms with van der Waals surface area (Å²) in [7, 11) is 1.48. The summed E-state index contributed by atoms with van der Waals surface area (Å²) < 4.78 is 5.06. The van der Waals surface area contributed by atoms with E-state index < -0.39 is 0 Å². The first-order valence-electron chi connectivity index (χ1n) is 5.84. The first-order valence-corrected chi connectivity index (χ1v) is 7.73. The van der Waals surface area contributed by atoms with Crippen molar-refractivity contribution in [3.05, 3.63) is 42.9 Å². The van der Waals surface area contributed by atoms with Gasteiger partial charge in [0, 0.05) is 23.4 Å². The van der Waals surface area contributed by atoms with Crippen molar-refractivity contribution >= 4 is 58.0 Å². The highest BCUT2D eigenvalue weighted by molar-refractivity contribution is 6.56. The molecule has 2 aromatic rings. The predicted octanol–water partition coefficient (Wildman–Crippen LogP) is 6.09. The SMILES string of the molecule is COc1cc(CC#N)c(-c2c(Cl)c(Cl)c(Cl)c(Cl)c2Cl)cn1. The number of hydrogen-bond donors (Lipinski definition) is 0. The Morgan fingerprint density at radius 3 is 2.09 bits per heavy atom. The van der Waals surface area contributed by atoms with Crippen LogP contribution < -0.4 is 4.74 Å². The van der Waals surface area contributed by atoms with Gasteiger partial charge in [0.05, 0.1) is 44.7 Å². The number of aromatic nitrogens is 1. The number of benzene rings is 1. The Morgan fingerprint density at radius 2 is 1.59 bits per heavy atom. The summed E-state index contributed by atoms with van der Waals surface area (Å²) in [6, 6.07) is 3.69. The largest absolute Gasteiger partial charge is 0.481 e. The fraction of sp³-hybridized carbons (Fsp3) is 0.143. The Labute approximate surface area is 152 Å². The number of methoxy groups -OCH3 is 1. The Balaban J connectivity index is 2.80. The molecule has 1 aromatic carbocycles. The van der Waals surface area contributed by atoms with Crippen molar-refractivity contribution in [3.8, 4) is 23.1 Å². The summed E-state index contributed by atoms with van der Waals surface area (Å²) in [5.74, 6) is 0.368. The highest BCUT2D eigenvalue weighted by atomic mass is 35.5. The van der Waals surface area contributed by atoms with E-state index >= 15 is 0 Å². The number of nitrogens with zero attached hydrogens (tertiary/aromatic N) is 2. The second-order valence-corrected chi connectivity index (χ2v) is 6.05. The van der Waals surface area contributed by atoms with Crippen LogP contribution in [0, 0.1) is 11.3 Å². The van der Waals surface area contributed by atoms with Crippen molar-refractivity contribution in [2.45, 2.75) is 6.42 Å². The van der Waals surface area contributed by atoms with Crippen LogP contribution in [0.5, 0.6) is 5.88 Å². The van der Waals surface area contributed by atoms with Gasteiger partial charge in [-0.2, -0.15) is 5.26 Å². The lowest BCUT2D eigenvalue weighted by Crippen LogP contribution is -1.96. The Bertz CT molecular complexity index is 757. The van der Waals surface area contributed by atoms with Crippen LogP contribution in [0.2, 0.25) is 25.1 Å².